The van der Waals surface area contributed by atoms with Gasteiger partial charge in [0, 0.05) is 134 Å². The van der Waals surface area contributed by atoms with Gasteiger partial charge in [-0.05, 0) is 293 Å². The number of methoxy groups -OCH3 is 3. The van der Waals surface area contributed by atoms with Crippen LogP contribution in [0.25, 0.3) is 0 Å². The number of carbonyl (C=O) groups excluding carboxylic acids is 3. The third-order valence-electron chi connectivity index (χ3n) is 24.6. The maximum atomic E-state index is 13.7. The minimum absolute atomic E-state index is 0.0252. The third kappa shape index (κ3) is 38.3. The van der Waals surface area contributed by atoms with Gasteiger partial charge < -0.3 is 53.2 Å². The van der Waals surface area contributed by atoms with E-state index in [2.05, 4.69) is 12.6 Å². The fraction of sp³-hybridized carbons (Fsp3) is 0.551. The molecule has 0 spiro atoms. The Kier molecular flexibility index (Phi) is 48.6. The molecule has 756 valence electrons. The Morgan fingerprint density at radius 2 is 0.715 bits per heavy atom. The predicted molar refractivity (Wildman–Crippen MR) is 530 cm³/mol. The summed E-state index contributed by atoms with van der Waals surface area (Å²) in [7, 11) is 0.570. The molecule has 4 aromatic carbocycles. The van der Waals surface area contributed by atoms with E-state index >= 15 is 0 Å². The summed E-state index contributed by atoms with van der Waals surface area (Å²) in [5.74, 6) is -4.37. The highest BCUT2D eigenvalue weighted by atomic mass is 35.5. The van der Waals surface area contributed by atoms with Gasteiger partial charge in [0.15, 0.2) is 12.6 Å². The Morgan fingerprint density at radius 1 is 0.416 bits per heavy atom. The van der Waals surface area contributed by atoms with Crippen LogP contribution in [0.1, 0.15) is 187 Å². The molecule has 15 rings (SSSR count). The molecule has 7 heterocycles. The monoisotopic (exact) mass is 2160 g/mol. The Bertz CT molecular complexity index is 5060. The lowest BCUT2D eigenvalue weighted by Gasteiger charge is -2.30. The molecule has 137 heavy (non-hydrogen) atoms. The molecule has 3 aliphatic heterocycles. The fourth-order valence-corrected chi connectivity index (χ4v) is 28.0. The van der Waals surface area contributed by atoms with Crippen molar-refractivity contribution < 1.29 is 120 Å². The summed E-state index contributed by atoms with van der Waals surface area (Å²) in [4.78, 5) is 54.3. The lowest BCUT2D eigenvalue weighted by molar-refractivity contribution is -0.197. The summed E-state index contributed by atoms with van der Waals surface area (Å²) >= 11 is 40.0. The molecule has 4 aromatic heterocycles. The zero-order valence-corrected chi connectivity index (χ0v) is 86.7. The molecule has 0 bridgehead atoms. The molecule has 4 saturated carbocycles. The molecule has 39 heteroatoms. The molecule has 18 atom stereocenters. The van der Waals surface area contributed by atoms with E-state index in [1.54, 1.807) is 24.3 Å². The molecule has 4 aliphatic carbocycles. The first kappa shape index (κ1) is 114. The number of rotatable bonds is 36. The fourth-order valence-electron chi connectivity index (χ4n) is 17.9. The number of ether oxygens (including phenoxy) is 8. The smallest absolute Gasteiger partial charge is 0.348 e. The second-order valence-electron chi connectivity index (χ2n) is 34.5. The van der Waals surface area contributed by atoms with Gasteiger partial charge >= 0.3 is 23.9 Å². The Labute approximate surface area is 850 Å². The topological polar surface area (TPSA) is 246 Å². The Morgan fingerprint density at radius 3 is 1.01 bits per heavy atom. The van der Waals surface area contributed by atoms with Gasteiger partial charge in [0.2, 0.25) is 0 Å². The zero-order valence-electron chi connectivity index (χ0n) is 76.3. The van der Waals surface area contributed by atoms with Crippen LogP contribution < -0.4 is 0 Å². The molecule has 18 nitrogen and oxygen atoms in total. The molecule has 2 unspecified atom stereocenters. The number of carboxylic acid groups (broad SMARTS) is 1. The van der Waals surface area contributed by atoms with Crippen molar-refractivity contribution in [1.82, 2.24) is 0 Å². The number of carbonyl (C=O) groups is 4. The van der Waals surface area contributed by atoms with Crippen molar-refractivity contribution in [1.29, 1.82) is 0 Å². The number of aliphatic hydroxyl groups is 2. The maximum absolute atomic E-state index is 13.7. The number of thiol groups is 1. The zero-order chi connectivity index (χ0) is 98.8. The van der Waals surface area contributed by atoms with Gasteiger partial charge in [-0.25, -0.2) is 54.3 Å². The number of thiophene rings is 4. The van der Waals surface area contributed by atoms with E-state index in [1.807, 2.05) is 24.3 Å². The maximum Gasteiger partial charge on any atom is 0.348 e. The molecule has 7 aliphatic rings. The lowest BCUT2D eigenvalue weighted by atomic mass is 9.90. The number of aromatic carboxylic acids is 1. The Balaban J connectivity index is 0.000000180. The number of esters is 3. The van der Waals surface area contributed by atoms with Gasteiger partial charge in [-0.15, -0.1) is 140 Å². The summed E-state index contributed by atoms with van der Waals surface area (Å²) in [6.07, 6.45) is 20.4. The second kappa shape index (κ2) is 58.4. The van der Waals surface area contributed by atoms with Crippen LogP contribution in [0.3, 0.4) is 0 Å². The largest absolute Gasteiger partial charge is 0.477 e. The summed E-state index contributed by atoms with van der Waals surface area (Å²) < 4.78 is 177. The highest BCUT2D eigenvalue weighted by molar-refractivity contribution is 7.99. The predicted octanol–water partition coefficient (Wildman–Crippen LogP) is 25.1. The highest BCUT2D eigenvalue weighted by Gasteiger charge is 2.47. The van der Waals surface area contributed by atoms with Crippen molar-refractivity contribution in [2.45, 2.75) is 232 Å². The number of halogens is 12. The number of carboxylic acids is 1. The summed E-state index contributed by atoms with van der Waals surface area (Å²) in [6.45, 7) is 3.46. The van der Waals surface area contributed by atoms with E-state index < -0.39 is 74.8 Å². The minimum atomic E-state index is -3.55. The van der Waals surface area contributed by atoms with Gasteiger partial charge in [0.1, 0.15) is 66.0 Å². The van der Waals surface area contributed by atoms with E-state index in [-0.39, 0.29) is 118 Å². The van der Waals surface area contributed by atoms with Crippen LogP contribution in [-0.2, 0) is 77.9 Å². The van der Waals surface area contributed by atoms with Gasteiger partial charge in [-0.2, -0.15) is 8.42 Å². The van der Waals surface area contributed by atoms with Crippen LogP contribution in [0, 0.1) is 93.9 Å². The molecule has 3 N–H and O–H groups in total. The van der Waals surface area contributed by atoms with Crippen molar-refractivity contribution in [3.05, 3.63) is 207 Å². The van der Waals surface area contributed by atoms with Crippen LogP contribution in [0.2, 0.25) is 0 Å². The Hall–Kier alpha value is -4.81. The quantitative estimate of drug-likeness (QED) is 0.00542. The van der Waals surface area contributed by atoms with Crippen molar-refractivity contribution in [3.8, 4) is 0 Å². The molecule has 7 fully saturated rings. The van der Waals surface area contributed by atoms with Gasteiger partial charge in [0.05, 0.1) is 58.6 Å². The first-order valence-electron chi connectivity index (χ1n) is 45.7. The molecular weight excluding hydrogens is 2050 g/mol. The van der Waals surface area contributed by atoms with E-state index in [0.29, 0.717) is 88.8 Å². The molecule has 3 saturated heterocycles. The average Bonchev–Trinajstić information content (AvgIpc) is 1.67. The first-order valence-corrected chi connectivity index (χ1v) is 55.9. The molecule has 8 aromatic rings. The third-order valence-corrected chi connectivity index (χ3v) is 35.3. The highest BCUT2D eigenvalue weighted by Crippen LogP contribution is 2.48. The normalized spacial score (nSPS) is 25.0. The molecular formula is C98H118Cl4F8O18S9. The van der Waals surface area contributed by atoms with Crippen LogP contribution in [0.15, 0.2) is 141 Å². The van der Waals surface area contributed by atoms with E-state index in [1.165, 1.54) is 151 Å². The average molecular weight is 2170 g/mol. The number of benzene rings is 4. The summed E-state index contributed by atoms with van der Waals surface area (Å²) in [5, 5.41) is 29.4. The van der Waals surface area contributed by atoms with Gasteiger partial charge in [-0.1, -0.05) is 0 Å². The molecule has 0 amide bonds. The number of aliphatic hydroxyl groups excluding tert-OH is 2. The number of hydrogen-bond acceptors (Lipinski definition) is 25. The first-order chi connectivity index (χ1) is 65.6. The van der Waals surface area contributed by atoms with Crippen molar-refractivity contribution in [3.63, 3.8) is 0 Å². The number of thioether (sulfide) groups is 3. The lowest BCUT2D eigenvalue weighted by Crippen LogP contribution is -2.34. The van der Waals surface area contributed by atoms with Gasteiger partial charge in [-0.3, -0.25) is 4.18 Å². The SMILES string of the molecule is C1CCOC1.COC(=O)c1ccc(CCC[C@@H]2[C@@H](COS(C)(=O)=O)[C@H](OC3CCCCO3)C[C@H]2Cl)s1.COC(=O)c1ccc(CCC[C@@H]2[C@@H](CSc3cc(F)cc(F)c3)[C@H](O)C[C@H]2Cl)s1.COC(=O)c1ccc(CCC[C@@H]2[C@@H](CSc3cc(F)cc(F)c3)[C@H](OC3CCCCO3)C[C@H]2Cl)s1.Fc1cc(F)cc(S)c1.O=C(O)c1ccc(CCC[C@@H]2[C@@H](CSc3cc(F)cc(F)c3)[C@H](O)C[C@H]2Cl)s1. The summed E-state index contributed by atoms with van der Waals surface area (Å²) in [6, 6.07) is 28.3. The van der Waals surface area contributed by atoms with Crippen molar-refractivity contribution in [2.24, 2.45) is 47.3 Å². The van der Waals surface area contributed by atoms with E-state index in [4.69, 9.17) is 93.6 Å². The van der Waals surface area contributed by atoms with Crippen LogP contribution >= 0.6 is 140 Å². The van der Waals surface area contributed by atoms with Crippen molar-refractivity contribution in [2.75, 3.05) is 77.9 Å². The summed E-state index contributed by atoms with van der Waals surface area (Å²) in [5.41, 5.74) is 0. The van der Waals surface area contributed by atoms with Crippen LogP contribution in [-0.4, -0.2) is 184 Å². The van der Waals surface area contributed by atoms with Crippen molar-refractivity contribution >= 4 is 174 Å². The number of aryl methyl sites for hydroxylation is 4. The second-order valence-corrected chi connectivity index (χ2v) is 46.8. The van der Waals surface area contributed by atoms with E-state index in [9.17, 15) is 72.9 Å². The standard InChI is InChI=1S/C26H31ClF2O4S2.C21H23ClF2O3S2.C21H31ClO7S2.C20H21ClF2O3S2.C6H4F2S.C4H8O/c1-31-26(30)24-9-8-18(35-24)5-4-6-20-21(15-34-19-12-16(28)11-17(29)13-19)23(14-22(20)27)33-25-7-2-3-10-32-25;1-27-21(26)20-6-5-14(29-20)3-2-4-16-17(19(25)10-18(16)22)11-28-15-8-12(23)7-13(24)9-15;1-26-21(23)19-10-9-14(30-19)6-5-7-15-16(13-28-31(2,24)25)18(12-17(15)22)29-20-8-3-4-11-27-20;21-17-9-18(24)16(10-27-14-7-11(22)6-12(23)8-14)15(17)3-1-2-13-4-5-19(28-13)20(25)26;7-4-1-5(8)3-6(9)2-4;1-2-4-5-3-1/h8-9,11-13,20-23,25H,2-7,10,14-15H2,1H3;5-9,16-19,25H,2-4,10-11H2,1H3;9-10,15-18,20H,3-8,11-13H2,1-2H3;4-8,15-18,24H,1-3,9-10H2,(H,25,26);1-3,9H;1-4H2/t20-,21-,22-,23-,25?;16-,17-,18-,19-;15-,16-,17-,18-,20?;15-,16-,17-,18-;;/m1111../s1. The van der Waals surface area contributed by atoms with E-state index in [0.717, 1.165) is 197 Å². The number of hydrogen-bond donors (Lipinski definition) is 4. The van der Waals surface area contributed by atoms with Gasteiger partial charge in [0.25, 0.3) is 10.1 Å². The van der Waals surface area contributed by atoms with Crippen LogP contribution in [0.5, 0.6) is 0 Å². The number of alkyl halides is 4. The van der Waals surface area contributed by atoms with Crippen LogP contribution in [0.4, 0.5) is 35.1 Å². The minimum Gasteiger partial charge on any atom is -0.477 e. The molecule has 0 radical (unpaired) electrons.